The molecule has 0 radical (unpaired) electrons. The Kier molecular flexibility index (Phi) is 3.99. The summed E-state index contributed by atoms with van der Waals surface area (Å²) in [7, 11) is 0. The molecule has 21 heavy (non-hydrogen) atoms. The Labute approximate surface area is 137 Å². The summed E-state index contributed by atoms with van der Waals surface area (Å²) in [5.74, 6) is 1.64. The Morgan fingerprint density at radius 1 is 1.43 bits per heavy atom. The van der Waals surface area contributed by atoms with Crippen LogP contribution in [-0.2, 0) is 6.61 Å². The molecule has 1 aliphatic rings. The molecule has 5 heteroatoms. The standard InChI is InChI=1S/C16H18BrNO2S/c1-16(2)8-13(18)11-4-3-10(7-14(11)20-16)19-9-15-12(17)5-6-21-15/h3-7,13H,8-9,18H2,1-2H3. The predicted molar refractivity (Wildman–Crippen MR) is 89.0 cm³/mol. The van der Waals surface area contributed by atoms with E-state index in [1.807, 2.05) is 29.6 Å². The fraction of sp³-hybridized carbons (Fsp3) is 0.375. The third kappa shape index (κ3) is 3.25. The van der Waals surface area contributed by atoms with E-state index >= 15 is 0 Å². The minimum Gasteiger partial charge on any atom is -0.488 e. The van der Waals surface area contributed by atoms with Crippen LogP contribution in [0.5, 0.6) is 11.5 Å². The number of thiophene rings is 1. The number of rotatable bonds is 3. The first kappa shape index (κ1) is 14.9. The third-order valence-corrected chi connectivity index (χ3v) is 5.44. The average Bonchev–Trinajstić information content (AvgIpc) is 2.80. The van der Waals surface area contributed by atoms with Gasteiger partial charge < -0.3 is 15.2 Å². The SMILES string of the molecule is CC1(C)CC(N)c2ccc(OCc3sccc3Br)cc2O1. The molecule has 1 aromatic heterocycles. The molecule has 1 aromatic carbocycles. The van der Waals surface area contributed by atoms with Gasteiger partial charge in [0, 0.05) is 28.6 Å². The maximum atomic E-state index is 6.22. The minimum absolute atomic E-state index is 0.0178. The molecule has 1 atom stereocenters. The van der Waals surface area contributed by atoms with Crippen molar-refractivity contribution in [2.75, 3.05) is 0 Å². The van der Waals surface area contributed by atoms with Gasteiger partial charge in [0.2, 0.25) is 0 Å². The molecule has 0 saturated heterocycles. The van der Waals surface area contributed by atoms with Gasteiger partial charge in [-0.1, -0.05) is 6.07 Å². The van der Waals surface area contributed by atoms with Crippen molar-refractivity contribution in [3.8, 4) is 11.5 Å². The van der Waals surface area contributed by atoms with Gasteiger partial charge in [0.1, 0.15) is 23.7 Å². The Morgan fingerprint density at radius 3 is 2.95 bits per heavy atom. The van der Waals surface area contributed by atoms with Gasteiger partial charge >= 0.3 is 0 Å². The van der Waals surface area contributed by atoms with Crippen LogP contribution in [0, 0.1) is 0 Å². The zero-order valence-electron chi connectivity index (χ0n) is 12.1. The number of hydrogen-bond donors (Lipinski definition) is 1. The van der Waals surface area contributed by atoms with Crippen LogP contribution in [0.25, 0.3) is 0 Å². The highest BCUT2D eigenvalue weighted by Gasteiger charge is 2.31. The van der Waals surface area contributed by atoms with Crippen molar-refractivity contribution in [1.29, 1.82) is 0 Å². The van der Waals surface area contributed by atoms with Crippen molar-refractivity contribution in [1.82, 2.24) is 0 Å². The Bertz CT molecular complexity index is 653. The topological polar surface area (TPSA) is 44.5 Å². The summed E-state index contributed by atoms with van der Waals surface area (Å²) in [6.45, 7) is 4.67. The van der Waals surface area contributed by atoms with Gasteiger partial charge in [-0.05, 0) is 47.3 Å². The van der Waals surface area contributed by atoms with Gasteiger partial charge in [-0.2, -0.15) is 0 Å². The molecule has 0 aliphatic carbocycles. The second-order valence-electron chi connectivity index (χ2n) is 5.85. The summed E-state index contributed by atoms with van der Waals surface area (Å²) < 4.78 is 13.0. The van der Waals surface area contributed by atoms with Gasteiger partial charge in [-0.15, -0.1) is 11.3 Å². The van der Waals surface area contributed by atoms with Crippen molar-refractivity contribution < 1.29 is 9.47 Å². The number of ether oxygens (including phenoxy) is 2. The van der Waals surface area contributed by atoms with Crippen LogP contribution in [0.2, 0.25) is 0 Å². The highest BCUT2D eigenvalue weighted by Crippen LogP contribution is 2.40. The van der Waals surface area contributed by atoms with E-state index in [2.05, 4.69) is 29.8 Å². The largest absolute Gasteiger partial charge is 0.488 e. The van der Waals surface area contributed by atoms with E-state index in [4.69, 9.17) is 15.2 Å². The molecule has 3 nitrogen and oxygen atoms in total. The smallest absolute Gasteiger partial charge is 0.128 e. The van der Waals surface area contributed by atoms with Gasteiger partial charge in [-0.3, -0.25) is 0 Å². The summed E-state index contributed by atoms with van der Waals surface area (Å²) in [5, 5.41) is 2.04. The van der Waals surface area contributed by atoms with Crippen LogP contribution in [0.3, 0.4) is 0 Å². The van der Waals surface area contributed by atoms with Crippen LogP contribution >= 0.6 is 27.3 Å². The summed E-state index contributed by atoms with van der Waals surface area (Å²) in [5.41, 5.74) is 7.04. The molecule has 0 bridgehead atoms. The summed E-state index contributed by atoms with van der Waals surface area (Å²) in [6, 6.07) is 7.96. The van der Waals surface area contributed by atoms with Crippen molar-refractivity contribution in [3.63, 3.8) is 0 Å². The molecule has 0 saturated carbocycles. The fourth-order valence-corrected chi connectivity index (χ4v) is 3.93. The molecule has 0 amide bonds. The lowest BCUT2D eigenvalue weighted by Gasteiger charge is -2.36. The Balaban J connectivity index is 1.78. The highest BCUT2D eigenvalue weighted by molar-refractivity contribution is 9.10. The van der Waals surface area contributed by atoms with E-state index in [1.165, 1.54) is 4.88 Å². The van der Waals surface area contributed by atoms with Gasteiger partial charge in [0.25, 0.3) is 0 Å². The molecule has 2 heterocycles. The molecule has 3 rings (SSSR count). The average molecular weight is 368 g/mol. The fourth-order valence-electron chi connectivity index (χ4n) is 2.56. The number of nitrogens with two attached hydrogens (primary N) is 1. The summed E-state index contributed by atoms with van der Waals surface area (Å²) in [6.07, 6.45) is 0.822. The lowest BCUT2D eigenvalue weighted by molar-refractivity contribution is 0.0724. The second-order valence-corrected chi connectivity index (χ2v) is 7.71. The number of halogens is 1. The van der Waals surface area contributed by atoms with E-state index in [-0.39, 0.29) is 11.6 Å². The molecule has 0 spiro atoms. The molecule has 2 aromatic rings. The minimum atomic E-state index is -0.234. The van der Waals surface area contributed by atoms with Crippen molar-refractivity contribution in [3.05, 3.63) is 44.6 Å². The predicted octanol–water partition coefficient (Wildman–Crippen LogP) is 4.65. The van der Waals surface area contributed by atoms with E-state index in [0.29, 0.717) is 6.61 Å². The van der Waals surface area contributed by atoms with Gasteiger partial charge in [0.05, 0.1) is 4.88 Å². The van der Waals surface area contributed by atoms with Crippen LogP contribution in [-0.4, -0.2) is 5.60 Å². The first-order valence-electron chi connectivity index (χ1n) is 6.88. The quantitative estimate of drug-likeness (QED) is 0.858. The van der Waals surface area contributed by atoms with E-state index in [9.17, 15) is 0 Å². The van der Waals surface area contributed by atoms with Gasteiger partial charge in [-0.25, -0.2) is 0 Å². The normalized spacial score (nSPS) is 19.7. The summed E-state index contributed by atoms with van der Waals surface area (Å²) in [4.78, 5) is 1.17. The van der Waals surface area contributed by atoms with Crippen LogP contribution in [0.4, 0.5) is 0 Å². The lowest BCUT2D eigenvalue weighted by Crippen LogP contribution is -2.37. The first-order valence-corrected chi connectivity index (χ1v) is 8.55. The van der Waals surface area contributed by atoms with E-state index < -0.39 is 0 Å². The van der Waals surface area contributed by atoms with E-state index in [1.54, 1.807) is 11.3 Å². The second kappa shape index (κ2) is 5.63. The Hall–Kier alpha value is -1.04. The third-order valence-electron chi connectivity index (χ3n) is 3.54. The van der Waals surface area contributed by atoms with Gasteiger partial charge in [0.15, 0.2) is 0 Å². The zero-order chi connectivity index (χ0) is 15.0. The molecule has 1 unspecified atom stereocenters. The maximum Gasteiger partial charge on any atom is 0.128 e. The molecular weight excluding hydrogens is 350 g/mol. The van der Waals surface area contributed by atoms with Crippen molar-refractivity contribution >= 4 is 27.3 Å². The lowest BCUT2D eigenvalue weighted by atomic mass is 9.90. The number of hydrogen-bond acceptors (Lipinski definition) is 4. The first-order chi connectivity index (χ1) is 9.94. The van der Waals surface area contributed by atoms with E-state index in [0.717, 1.165) is 28.0 Å². The zero-order valence-corrected chi connectivity index (χ0v) is 14.5. The molecule has 112 valence electrons. The number of fused-ring (bicyclic) bond motifs is 1. The maximum absolute atomic E-state index is 6.22. The highest BCUT2D eigenvalue weighted by atomic mass is 79.9. The molecular formula is C16H18BrNO2S. The van der Waals surface area contributed by atoms with Crippen molar-refractivity contribution in [2.24, 2.45) is 5.73 Å². The molecule has 2 N–H and O–H groups in total. The van der Waals surface area contributed by atoms with Crippen LogP contribution in [0.1, 0.15) is 36.8 Å². The Morgan fingerprint density at radius 2 is 2.24 bits per heavy atom. The van der Waals surface area contributed by atoms with Crippen molar-refractivity contribution in [2.45, 2.75) is 38.5 Å². The van der Waals surface area contributed by atoms with Crippen LogP contribution < -0.4 is 15.2 Å². The summed E-state index contributed by atoms with van der Waals surface area (Å²) >= 11 is 5.19. The number of benzene rings is 1. The molecule has 1 aliphatic heterocycles. The monoisotopic (exact) mass is 367 g/mol. The van der Waals surface area contributed by atoms with Crippen LogP contribution in [0.15, 0.2) is 34.1 Å². The molecule has 0 fully saturated rings.